The van der Waals surface area contributed by atoms with Crippen molar-refractivity contribution in [3.8, 4) is 0 Å². The van der Waals surface area contributed by atoms with Crippen molar-refractivity contribution in [1.29, 1.82) is 0 Å². The summed E-state index contributed by atoms with van der Waals surface area (Å²) in [5, 5.41) is 86.7. The van der Waals surface area contributed by atoms with Gasteiger partial charge in [-0.1, -0.05) is 206 Å². The Morgan fingerprint density at radius 2 is 0.514 bits per heavy atom. The van der Waals surface area contributed by atoms with Gasteiger partial charge in [-0.25, -0.2) is 0 Å². The van der Waals surface area contributed by atoms with Gasteiger partial charge in [0.2, 0.25) is 70.9 Å². The molecule has 0 fully saturated rings. The number of likely N-dealkylation sites (N-methyl/N-ethyl adjacent to an activating group) is 3. The van der Waals surface area contributed by atoms with Crippen LogP contribution in [0.2, 0.25) is 0 Å². The summed E-state index contributed by atoms with van der Waals surface area (Å²) in [5.41, 5.74) is 1.80. The third-order valence-corrected chi connectivity index (χ3v) is 24.6. The van der Waals surface area contributed by atoms with Crippen molar-refractivity contribution >= 4 is 88.6 Å². The van der Waals surface area contributed by atoms with Gasteiger partial charge in [-0.15, -0.1) is 0 Å². The molecule has 0 saturated carbocycles. The minimum atomic E-state index is -0.905. The van der Waals surface area contributed by atoms with E-state index in [0.29, 0.717) is 150 Å². The highest BCUT2D eigenvalue weighted by atomic mass is 16.5. The van der Waals surface area contributed by atoms with E-state index in [2.05, 4.69) is 95.7 Å². The zero-order valence-electron chi connectivity index (χ0n) is 89.8. The number of hydrogen-bond acceptors (Lipinski definition) is 21. The zero-order chi connectivity index (χ0) is 108. The van der Waals surface area contributed by atoms with Crippen LogP contribution in [0.15, 0.2) is 104 Å². The van der Waals surface area contributed by atoms with E-state index in [1.165, 1.54) is 73.6 Å². The number of benzene rings is 1. The van der Waals surface area contributed by atoms with Crippen LogP contribution in [0, 0.1) is 51.1 Å². The van der Waals surface area contributed by atoms with Crippen LogP contribution in [-0.2, 0) is 64.0 Å². The molecule has 0 radical (unpaired) electrons. The Morgan fingerprint density at radius 3 is 0.750 bits per heavy atom. The van der Waals surface area contributed by atoms with Crippen LogP contribution < -0.4 is 110 Å². The van der Waals surface area contributed by atoms with Gasteiger partial charge in [0.1, 0.15) is 54.4 Å². The number of aryl methyl sites for hydroxylation is 1. The molecule has 0 aliphatic rings. The summed E-state index contributed by atoms with van der Waals surface area (Å²) in [6.07, 6.45) is 18.6. The van der Waals surface area contributed by atoms with Gasteiger partial charge in [0.05, 0.1) is 34.8 Å². The fourth-order valence-electron chi connectivity index (χ4n) is 15.6. The summed E-state index contributed by atoms with van der Waals surface area (Å²) in [7, 11) is 0. The molecule has 3 aromatic heterocycles. The number of aromatic nitrogens is 3. The minimum absolute atomic E-state index is 0.206. The lowest BCUT2D eigenvalue weighted by Crippen LogP contribution is -2.58. The second-order valence-corrected chi connectivity index (χ2v) is 38.6. The molecule has 808 valence electrons. The fraction of sp³-hybridized carbons (Fsp3) is 0.657. The lowest BCUT2D eigenvalue weighted by molar-refractivity contribution is -0.605. The van der Waals surface area contributed by atoms with E-state index >= 15 is 0 Å². The SMILES string of the molecule is CCCC[C@H](NC(=O)[C@H](C)NC[C@H](CC(C)C)NC(=O)[C@H](CCC)NC(=O)[C@@H](NC(=O)c1cc[n+]([O-])cc1)[C@@H](C)CC)C(=O)NCC.CCC[C@H](NC(=O)[C@@H](NC(=O)c1cc[n+]([O-])cc1)[C@@H](C)CC)C(=O)N[C@H](CN[C@@H](C)C(=O)N[C@@H](CCc1ccccc1)C(=O)NCC)CC(C)C.CCC[C@H](NC(=O)[C@H](C)NC[C@H](CC(C)C)NC(=O)[C@H](CCC)NC(=O)[C@@H](NC(=O)c1cc[n+]([O-])cc1)[C@@H](C)CC)C(=O)NCC. The third-order valence-electron chi connectivity index (χ3n) is 24.6. The molecule has 1 aromatic carbocycles. The van der Waals surface area contributed by atoms with Crippen LogP contribution in [0.5, 0.6) is 0 Å². The van der Waals surface area contributed by atoms with E-state index in [-0.39, 0.29) is 130 Å². The van der Waals surface area contributed by atoms with E-state index in [4.69, 9.17) is 0 Å². The normalized spacial score (nSPS) is 14.9. The quantitative estimate of drug-likeness (QED) is 0.0171. The first-order valence-electron chi connectivity index (χ1n) is 52.1. The topological polar surface area (TPSA) is 553 Å². The van der Waals surface area contributed by atoms with Crippen molar-refractivity contribution in [2.45, 2.75) is 372 Å². The molecule has 0 unspecified atom stereocenters. The van der Waals surface area contributed by atoms with Gasteiger partial charge in [0.25, 0.3) is 17.7 Å². The molecule has 4 aromatic rings. The molecule has 3 heterocycles. The standard InChI is InChI=1S/C38H59N7O6.C34H59N7O6.C33H57N7O6/c1-8-14-31(43-38(50)33(26(6)9-2)44-35(47)29-19-21-45(51)22-20-29)37(49)41-30(23-25(4)5)24-40-27(7)34(46)42-32(36(48)39-10-3)18-17-28-15-12-11-13-16-28;1-9-13-15-28(32(44)35-12-4)38-30(42)24(8)36-21-26(20-22(5)6)37-33(45)27(14-10-2)39-34(46)29(23(7)11-3)40-31(43)25-16-18-41(47)19-17-25;1-9-13-26(31(43)34-12-4)37-29(41)23(8)35-20-25(19-21(5)6)36-32(44)27(14-10-2)38-33(45)28(22(7)11-3)39-30(42)24-15-17-40(46)18-16-24/h11-13,15-16,19-22,25-27,30-33,40H,8-10,14,17-18,23-24H2,1-7H3,(H,39,48)(H,41,49)(H,42,46)(H,43,50)(H,44,47);16-19,22-24,26-29,36H,9-15,20-21H2,1-8H3,(H,35,44)(H,37,45)(H,38,42)(H,39,46)(H,40,43);15-18,21-23,25-28,35H,9-14,19-20H2,1-8H3,(H,34,43)(H,36,44)(H,37,41)(H,38,45)(H,39,42)/t26-,27-,30-,31-,32-,33-;23-,24-,26-,27-,28-,29-;22-,23-,25-,26-,27-,28-/m000/s1. The third kappa shape index (κ3) is 49.5. The Balaban J connectivity index is 0.000000731. The van der Waals surface area contributed by atoms with Crippen LogP contribution in [-0.4, -0.2) is 219 Å². The number of unbranched alkanes of at least 4 members (excludes halogenated alkanes) is 1. The molecule has 0 aliphatic carbocycles. The molecular weight excluding hydrogens is 1840 g/mol. The Hall–Kier alpha value is -12.0. The number of carbonyl (C=O) groups excluding carboxylic acids is 15. The molecule has 144 heavy (non-hydrogen) atoms. The number of nitrogens with zero attached hydrogens (tertiary/aromatic N) is 3. The predicted molar refractivity (Wildman–Crippen MR) is 556 cm³/mol. The van der Waals surface area contributed by atoms with Gasteiger partial charge < -0.3 is 111 Å². The summed E-state index contributed by atoms with van der Waals surface area (Å²) >= 11 is 0. The Labute approximate surface area is 854 Å². The van der Waals surface area contributed by atoms with Crippen molar-refractivity contribution < 1.29 is 86.1 Å². The molecule has 0 spiro atoms. The Kier molecular flexibility index (Phi) is 62.8. The molecule has 39 heteroatoms. The average molecular weight is 2020 g/mol. The van der Waals surface area contributed by atoms with Crippen LogP contribution >= 0.6 is 0 Å². The molecule has 0 aliphatic heterocycles. The van der Waals surface area contributed by atoms with E-state index in [1.54, 1.807) is 20.8 Å². The molecule has 39 nitrogen and oxygen atoms in total. The van der Waals surface area contributed by atoms with E-state index in [1.807, 2.05) is 169 Å². The van der Waals surface area contributed by atoms with Gasteiger partial charge in [-0.3, -0.25) is 71.9 Å². The molecule has 18 atom stereocenters. The maximum Gasteiger partial charge on any atom is 0.252 e. The van der Waals surface area contributed by atoms with Gasteiger partial charge in [-0.2, -0.15) is 14.2 Å². The maximum atomic E-state index is 13.7. The molecule has 18 N–H and O–H groups in total. The molecular formula is C105H175N21O18. The summed E-state index contributed by atoms with van der Waals surface area (Å²) in [6.45, 7) is 46.1. The van der Waals surface area contributed by atoms with Gasteiger partial charge >= 0.3 is 0 Å². The van der Waals surface area contributed by atoms with Gasteiger partial charge in [-0.05, 0) is 147 Å². The number of carbonyl (C=O) groups is 15. The van der Waals surface area contributed by atoms with Crippen LogP contribution in [0.4, 0.5) is 0 Å². The molecule has 4 rings (SSSR count). The average Bonchev–Trinajstić information content (AvgIpc) is 0.851. The highest BCUT2D eigenvalue weighted by Crippen LogP contribution is 2.19. The molecule has 15 amide bonds. The summed E-state index contributed by atoms with van der Waals surface area (Å²) < 4.78 is 1.71. The monoisotopic (exact) mass is 2020 g/mol. The second-order valence-electron chi connectivity index (χ2n) is 38.6. The van der Waals surface area contributed by atoms with Crippen molar-refractivity contribution in [2.75, 3.05) is 39.3 Å². The first-order valence-corrected chi connectivity index (χ1v) is 52.1. The lowest BCUT2D eigenvalue weighted by atomic mass is 9.97. The lowest BCUT2D eigenvalue weighted by Gasteiger charge is -2.29. The van der Waals surface area contributed by atoms with Crippen molar-refractivity contribution in [2.24, 2.45) is 35.5 Å². The summed E-state index contributed by atoms with van der Waals surface area (Å²) in [6, 6.07) is 7.99. The first kappa shape index (κ1) is 128. The number of rotatable bonds is 65. The zero-order valence-corrected chi connectivity index (χ0v) is 89.8. The highest BCUT2D eigenvalue weighted by molar-refractivity contribution is 6.01. The number of pyridine rings is 3. The Morgan fingerprint density at radius 1 is 0.271 bits per heavy atom. The van der Waals surface area contributed by atoms with Crippen molar-refractivity contribution in [3.63, 3.8) is 0 Å². The number of amides is 15. The maximum absolute atomic E-state index is 13.7. The van der Waals surface area contributed by atoms with Crippen molar-refractivity contribution in [3.05, 3.63) is 142 Å². The Bertz CT molecular complexity index is 4520. The van der Waals surface area contributed by atoms with Gasteiger partial charge in [0, 0.05) is 93.8 Å². The van der Waals surface area contributed by atoms with E-state index in [0.717, 1.165) is 24.8 Å². The highest BCUT2D eigenvalue weighted by Gasteiger charge is 2.37. The van der Waals surface area contributed by atoms with E-state index < -0.39 is 108 Å². The second kappa shape index (κ2) is 70.7. The predicted octanol–water partition coefficient (Wildman–Crippen LogP) is 6.26. The summed E-state index contributed by atoms with van der Waals surface area (Å²) in [5.74, 6) is -5.54. The minimum Gasteiger partial charge on any atom is -0.619 e. The number of nitrogens with one attached hydrogen (secondary N) is 18. The van der Waals surface area contributed by atoms with Crippen LogP contribution in [0.25, 0.3) is 0 Å². The first-order chi connectivity index (χ1) is 68.3. The summed E-state index contributed by atoms with van der Waals surface area (Å²) in [4.78, 5) is 197. The van der Waals surface area contributed by atoms with Crippen LogP contribution in [0.3, 0.4) is 0 Å². The number of hydrogen-bond donors (Lipinski definition) is 18. The van der Waals surface area contributed by atoms with Crippen LogP contribution in [0.1, 0.15) is 311 Å². The fourth-order valence-corrected chi connectivity index (χ4v) is 15.6. The van der Waals surface area contributed by atoms with Crippen molar-refractivity contribution in [1.82, 2.24) is 95.7 Å². The molecule has 0 bridgehead atoms. The van der Waals surface area contributed by atoms with Gasteiger partial charge in [0.15, 0.2) is 37.2 Å². The van der Waals surface area contributed by atoms with E-state index in [9.17, 15) is 87.5 Å². The largest absolute Gasteiger partial charge is 0.619 e. The smallest absolute Gasteiger partial charge is 0.252 e. The molecule has 0 saturated heterocycles.